The molecule has 0 aliphatic heterocycles. The van der Waals surface area contributed by atoms with Crippen LogP contribution < -0.4 is 10.6 Å². The van der Waals surface area contributed by atoms with E-state index in [0.29, 0.717) is 31.7 Å². The third-order valence-electron chi connectivity index (χ3n) is 4.17. The second kappa shape index (κ2) is 25.2. The van der Waals surface area contributed by atoms with Crippen molar-refractivity contribution in [3.63, 3.8) is 0 Å². The average Bonchev–Trinajstić information content (AvgIpc) is 2.79. The molecule has 0 radical (unpaired) electrons. The van der Waals surface area contributed by atoms with E-state index < -0.39 is 0 Å². The summed E-state index contributed by atoms with van der Waals surface area (Å²) in [5.41, 5.74) is 0. The van der Waals surface area contributed by atoms with E-state index >= 15 is 0 Å². The first-order chi connectivity index (χ1) is 15.7. The van der Waals surface area contributed by atoms with Crippen LogP contribution in [0.4, 0.5) is 0 Å². The van der Waals surface area contributed by atoms with Crippen LogP contribution in [0, 0.1) is 0 Å². The zero-order chi connectivity index (χ0) is 23.5. The molecule has 0 aromatic heterocycles. The Morgan fingerprint density at radius 2 is 1.34 bits per heavy atom. The maximum atomic E-state index is 11.7. The van der Waals surface area contributed by atoms with Crippen molar-refractivity contribution in [2.75, 3.05) is 25.9 Å². The van der Waals surface area contributed by atoms with Gasteiger partial charge < -0.3 is 14.8 Å². The van der Waals surface area contributed by atoms with Crippen LogP contribution in [0.2, 0.25) is 0 Å². The van der Waals surface area contributed by atoms with Crippen molar-refractivity contribution >= 4 is 23.9 Å². The van der Waals surface area contributed by atoms with Crippen LogP contribution in [0.3, 0.4) is 0 Å². The highest BCUT2D eigenvalue weighted by atomic mass is 32.2. The molecule has 0 aliphatic carbocycles. The van der Waals surface area contributed by atoms with Gasteiger partial charge in [0.1, 0.15) is 0 Å². The van der Waals surface area contributed by atoms with Gasteiger partial charge in [-0.2, -0.15) is 0 Å². The van der Waals surface area contributed by atoms with Crippen molar-refractivity contribution in [1.82, 2.24) is 10.6 Å². The van der Waals surface area contributed by atoms with Crippen molar-refractivity contribution in [2.45, 2.75) is 64.7 Å². The van der Waals surface area contributed by atoms with Crippen molar-refractivity contribution in [1.29, 1.82) is 0 Å². The summed E-state index contributed by atoms with van der Waals surface area (Å²) in [5.74, 6) is 0.360. The highest BCUT2D eigenvalue weighted by Gasteiger charge is 2.03. The third-order valence-corrected chi connectivity index (χ3v) is 4.85. The predicted octanol–water partition coefficient (Wildman–Crippen LogP) is 5.83. The van der Waals surface area contributed by atoms with Gasteiger partial charge in [-0.25, -0.2) is 0 Å². The van der Waals surface area contributed by atoms with E-state index in [1.165, 1.54) is 0 Å². The lowest BCUT2D eigenvalue weighted by Crippen LogP contribution is -2.28. The molecule has 0 saturated heterocycles. The van der Waals surface area contributed by atoms with Gasteiger partial charge >= 0.3 is 5.97 Å². The topological polar surface area (TPSA) is 67.4 Å². The van der Waals surface area contributed by atoms with Gasteiger partial charge in [0.25, 0.3) is 0 Å². The molecule has 0 aromatic rings. The van der Waals surface area contributed by atoms with Crippen molar-refractivity contribution < 1.29 is 13.8 Å². The molecule has 0 unspecified atom stereocenters. The molecule has 0 atom stereocenters. The summed E-state index contributed by atoms with van der Waals surface area (Å²) in [5, 5.41) is 5.70. The first-order valence-electron chi connectivity index (χ1n) is 11.7. The highest BCUT2D eigenvalue weighted by Crippen LogP contribution is 2.07. The van der Waals surface area contributed by atoms with E-state index in [4.69, 9.17) is 4.18 Å². The van der Waals surface area contributed by atoms with Gasteiger partial charge in [0.05, 0.1) is 12.0 Å². The van der Waals surface area contributed by atoms with Crippen LogP contribution in [0.1, 0.15) is 64.7 Å². The maximum Gasteiger partial charge on any atom is 0.317 e. The van der Waals surface area contributed by atoms with Crippen LogP contribution in [0.5, 0.6) is 0 Å². The van der Waals surface area contributed by atoms with Gasteiger partial charge in [0, 0.05) is 31.7 Å². The number of hydrogen-bond acceptors (Lipinski definition) is 5. The van der Waals surface area contributed by atoms with E-state index in [2.05, 4.69) is 78.3 Å². The monoisotopic (exact) mass is 462 g/mol. The van der Waals surface area contributed by atoms with Crippen LogP contribution in [-0.4, -0.2) is 37.8 Å². The van der Waals surface area contributed by atoms with Crippen LogP contribution in [0.25, 0.3) is 0 Å². The fourth-order valence-electron chi connectivity index (χ4n) is 2.44. The Balaban J connectivity index is 3.51. The lowest BCUT2D eigenvalue weighted by Gasteiger charge is -2.05. The number of allylic oxidation sites excluding steroid dienone is 10. The molecule has 0 rings (SSSR count). The Bertz CT molecular complexity index is 610. The molecule has 0 bridgehead atoms. The Morgan fingerprint density at radius 1 is 0.781 bits per heavy atom. The molecule has 0 aliphatic rings. The zero-order valence-electron chi connectivity index (χ0n) is 19.9. The molecular formula is C26H42N2O3S. The third kappa shape index (κ3) is 24.2. The minimum atomic E-state index is -0.205. The summed E-state index contributed by atoms with van der Waals surface area (Å²) >= 11 is 1.10. The van der Waals surface area contributed by atoms with E-state index in [9.17, 15) is 9.59 Å². The number of carbonyl (C=O) groups is 2. The van der Waals surface area contributed by atoms with Gasteiger partial charge in [-0.15, -0.1) is 0 Å². The zero-order valence-corrected chi connectivity index (χ0v) is 20.7. The summed E-state index contributed by atoms with van der Waals surface area (Å²) in [6.07, 6.45) is 29.2. The van der Waals surface area contributed by atoms with Gasteiger partial charge in [-0.05, 0) is 52.0 Å². The first-order valence-corrected chi connectivity index (χ1v) is 12.6. The molecule has 0 fully saturated rings. The second-order valence-corrected chi connectivity index (χ2v) is 7.89. The molecule has 1 amide bonds. The molecule has 0 saturated carbocycles. The SMILES string of the molecule is CC/C=C\C/C=C\C/C=C\C/C=C\C/C=C\CCCC(=O)OSCCNC(=O)CCNC. The van der Waals surface area contributed by atoms with E-state index in [-0.39, 0.29) is 11.9 Å². The highest BCUT2D eigenvalue weighted by molar-refractivity contribution is 7.95. The van der Waals surface area contributed by atoms with Gasteiger partial charge in [-0.1, -0.05) is 67.7 Å². The van der Waals surface area contributed by atoms with Crippen molar-refractivity contribution in [3.8, 4) is 0 Å². The lowest BCUT2D eigenvalue weighted by molar-refractivity contribution is -0.133. The Labute approximate surface area is 199 Å². The normalized spacial score (nSPS) is 12.2. The van der Waals surface area contributed by atoms with Crippen molar-refractivity contribution in [2.24, 2.45) is 0 Å². The summed E-state index contributed by atoms with van der Waals surface area (Å²) in [7, 11) is 1.81. The fourth-order valence-corrected chi connectivity index (χ4v) is 2.92. The molecule has 0 spiro atoms. The van der Waals surface area contributed by atoms with E-state index in [0.717, 1.165) is 57.0 Å². The minimum Gasteiger partial charge on any atom is -0.391 e. The smallest absolute Gasteiger partial charge is 0.317 e. The molecule has 0 aromatic carbocycles. The Hall–Kier alpha value is -2.05. The standard InChI is InChI=1S/C26H42N2O3S/c1-3-4-5-6-7-8-9-10-11-12-13-14-15-16-17-18-19-20-26(30)31-32-24-23-28-25(29)21-22-27-2/h4-5,7-8,10-11,13-14,16-17,27H,3,6,9,12,15,18-24H2,1-2H3,(H,28,29)/b5-4-,8-7-,11-10-,14-13-,17-16-. The van der Waals surface area contributed by atoms with Crippen LogP contribution >= 0.6 is 12.0 Å². The number of nitrogens with one attached hydrogen (secondary N) is 2. The number of rotatable bonds is 20. The van der Waals surface area contributed by atoms with Gasteiger partial charge in [0.2, 0.25) is 5.91 Å². The number of hydrogen-bond donors (Lipinski definition) is 2. The largest absolute Gasteiger partial charge is 0.391 e. The first kappa shape index (κ1) is 29.9. The number of carbonyl (C=O) groups excluding carboxylic acids is 2. The lowest BCUT2D eigenvalue weighted by atomic mass is 10.2. The molecule has 0 heterocycles. The van der Waals surface area contributed by atoms with E-state index in [1.807, 2.05) is 7.05 Å². The van der Waals surface area contributed by atoms with Crippen molar-refractivity contribution in [3.05, 3.63) is 60.8 Å². The molecule has 180 valence electrons. The van der Waals surface area contributed by atoms with E-state index in [1.54, 1.807) is 0 Å². The minimum absolute atomic E-state index is 0.00309. The molecule has 32 heavy (non-hydrogen) atoms. The molecule has 2 N–H and O–H groups in total. The summed E-state index contributed by atoms with van der Waals surface area (Å²) in [6, 6.07) is 0. The van der Waals surface area contributed by atoms with Crippen LogP contribution in [0.15, 0.2) is 60.8 Å². The van der Waals surface area contributed by atoms with Gasteiger partial charge in [-0.3, -0.25) is 9.59 Å². The average molecular weight is 463 g/mol. The summed E-state index contributed by atoms with van der Waals surface area (Å²) in [4.78, 5) is 23.1. The predicted molar refractivity (Wildman–Crippen MR) is 138 cm³/mol. The Morgan fingerprint density at radius 3 is 1.91 bits per heavy atom. The second-order valence-electron chi connectivity index (χ2n) is 7.08. The van der Waals surface area contributed by atoms with Gasteiger partial charge in [0.15, 0.2) is 0 Å². The number of unbranched alkanes of at least 4 members (excludes halogenated alkanes) is 1. The summed E-state index contributed by atoms with van der Waals surface area (Å²) in [6.45, 7) is 3.31. The summed E-state index contributed by atoms with van der Waals surface area (Å²) < 4.78 is 5.10. The molecule has 5 nitrogen and oxygen atoms in total. The molecular weight excluding hydrogens is 420 g/mol. The fraction of sp³-hybridized carbons (Fsp3) is 0.538. The maximum absolute atomic E-state index is 11.7. The number of amides is 1. The Kier molecular flexibility index (Phi) is 23.6. The van der Waals surface area contributed by atoms with Crippen LogP contribution in [-0.2, 0) is 13.8 Å². The quantitative estimate of drug-likeness (QED) is 0.135. The molecule has 6 heteroatoms.